The summed E-state index contributed by atoms with van der Waals surface area (Å²) in [4.78, 5) is 14.4. The van der Waals surface area contributed by atoms with Crippen LogP contribution in [-0.4, -0.2) is 47.5 Å². The summed E-state index contributed by atoms with van der Waals surface area (Å²) in [6.07, 6.45) is 2.03. The average molecular weight is 242 g/mol. The molecule has 2 heterocycles. The molecule has 0 spiro atoms. The molecule has 0 radical (unpaired) electrons. The molecule has 1 amide bonds. The molecular weight excluding hydrogens is 220 g/mol. The first kappa shape index (κ1) is 12.2. The Labute approximate surface area is 102 Å². The van der Waals surface area contributed by atoms with E-state index < -0.39 is 0 Å². The van der Waals surface area contributed by atoms with Crippen LogP contribution < -0.4 is 5.32 Å². The van der Waals surface area contributed by atoms with Crippen LogP contribution in [0.25, 0.3) is 0 Å². The zero-order valence-electron chi connectivity index (χ0n) is 10.2. The number of carbonyl (C=O) groups excluding carboxylic acids is 1. The van der Waals surface area contributed by atoms with Gasteiger partial charge in [0.05, 0.1) is 0 Å². The number of carbonyl (C=O) groups is 1. The number of amides is 1. The molecule has 3 atom stereocenters. The lowest BCUT2D eigenvalue weighted by Crippen LogP contribution is -2.47. The smallest absolute Gasteiger partial charge is 0.225 e. The van der Waals surface area contributed by atoms with Gasteiger partial charge in [0.15, 0.2) is 0 Å². The maximum Gasteiger partial charge on any atom is 0.225 e. The van der Waals surface area contributed by atoms with E-state index in [0.29, 0.717) is 17.2 Å². The fraction of sp³-hybridized carbons (Fsp3) is 0.917. The third-order valence-corrected chi connectivity index (χ3v) is 4.66. The standard InChI is InChI=1S/C12H22N2OS/c1-9-7-11(3-4-13-9)12(15)14-5-6-16-10(2)8-14/h9-11,13H,3-8H2,1-2H3/t9-,10?,11-/m0/s1. The van der Waals surface area contributed by atoms with Crippen molar-refractivity contribution in [2.45, 2.75) is 38.0 Å². The molecule has 0 aromatic carbocycles. The van der Waals surface area contributed by atoms with Gasteiger partial charge in [-0.3, -0.25) is 4.79 Å². The molecule has 0 aromatic rings. The van der Waals surface area contributed by atoms with Gasteiger partial charge >= 0.3 is 0 Å². The Morgan fingerprint density at radius 2 is 2.25 bits per heavy atom. The van der Waals surface area contributed by atoms with Crippen LogP contribution in [0.1, 0.15) is 26.7 Å². The van der Waals surface area contributed by atoms with Crippen molar-refractivity contribution in [2.24, 2.45) is 5.92 Å². The fourth-order valence-electron chi connectivity index (χ4n) is 2.63. The van der Waals surface area contributed by atoms with E-state index >= 15 is 0 Å². The molecule has 0 saturated carbocycles. The van der Waals surface area contributed by atoms with Crippen LogP contribution in [0, 0.1) is 5.92 Å². The second-order valence-corrected chi connectivity index (χ2v) is 6.59. The predicted molar refractivity (Wildman–Crippen MR) is 68.7 cm³/mol. The van der Waals surface area contributed by atoms with Crippen LogP contribution in [0.3, 0.4) is 0 Å². The van der Waals surface area contributed by atoms with E-state index in [1.807, 2.05) is 11.8 Å². The first-order valence-electron chi connectivity index (χ1n) is 6.30. The number of thioether (sulfide) groups is 1. The highest BCUT2D eigenvalue weighted by molar-refractivity contribution is 7.99. The van der Waals surface area contributed by atoms with E-state index in [2.05, 4.69) is 24.1 Å². The minimum atomic E-state index is 0.270. The van der Waals surface area contributed by atoms with Crippen molar-refractivity contribution in [2.75, 3.05) is 25.4 Å². The van der Waals surface area contributed by atoms with Crippen LogP contribution in [0.5, 0.6) is 0 Å². The lowest BCUT2D eigenvalue weighted by atomic mass is 9.92. The van der Waals surface area contributed by atoms with Gasteiger partial charge in [-0.15, -0.1) is 0 Å². The van der Waals surface area contributed by atoms with Gasteiger partial charge in [0, 0.05) is 36.1 Å². The number of nitrogens with one attached hydrogen (secondary N) is 1. The fourth-order valence-corrected chi connectivity index (χ4v) is 3.65. The second kappa shape index (κ2) is 5.41. The maximum atomic E-state index is 12.3. The van der Waals surface area contributed by atoms with Gasteiger partial charge in [-0.05, 0) is 26.3 Å². The summed E-state index contributed by atoms with van der Waals surface area (Å²) < 4.78 is 0. The molecule has 2 aliphatic heterocycles. The second-order valence-electron chi connectivity index (χ2n) is 5.04. The molecule has 0 aromatic heterocycles. The average Bonchev–Trinajstić information content (AvgIpc) is 2.28. The molecule has 2 fully saturated rings. The highest BCUT2D eigenvalue weighted by atomic mass is 32.2. The van der Waals surface area contributed by atoms with Crippen LogP contribution >= 0.6 is 11.8 Å². The van der Waals surface area contributed by atoms with Gasteiger partial charge in [-0.25, -0.2) is 0 Å². The topological polar surface area (TPSA) is 32.3 Å². The van der Waals surface area contributed by atoms with Crippen LogP contribution in [0.4, 0.5) is 0 Å². The van der Waals surface area contributed by atoms with Gasteiger partial charge in [0.2, 0.25) is 5.91 Å². The highest BCUT2D eigenvalue weighted by Gasteiger charge is 2.30. The van der Waals surface area contributed by atoms with E-state index in [1.54, 1.807) is 0 Å². The van der Waals surface area contributed by atoms with Crippen molar-refractivity contribution in [3.8, 4) is 0 Å². The zero-order chi connectivity index (χ0) is 11.5. The van der Waals surface area contributed by atoms with Crippen molar-refractivity contribution in [1.82, 2.24) is 10.2 Å². The number of nitrogens with zero attached hydrogens (tertiary/aromatic N) is 1. The normalized spacial score (nSPS) is 36.1. The summed E-state index contributed by atoms with van der Waals surface area (Å²) in [7, 11) is 0. The molecule has 2 aliphatic rings. The van der Waals surface area contributed by atoms with Crippen molar-refractivity contribution in [3.63, 3.8) is 0 Å². The molecule has 1 N–H and O–H groups in total. The lowest BCUT2D eigenvalue weighted by Gasteiger charge is -2.35. The van der Waals surface area contributed by atoms with Crippen molar-refractivity contribution in [3.05, 3.63) is 0 Å². The minimum absolute atomic E-state index is 0.270. The van der Waals surface area contributed by atoms with Gasteiger partial charge in [-0.1, -0.05) is 6.92 Å². The summed E-state index contributed by atoms with van der Waals surface area (Å²) in [5, 5.41) is 4.01. The van der Waals surface area contributed by atoms with Crippen LogP contribution in [-0.2, 0) is 4.79 Å². The third-order valence-electron chi connectivity index (χ3n) is 3.53. The Balaban J connectivity index is 1.90. The van der Waals surface area contributed by atoms with Crippen molar-refractivity contribution in [1.29, 1.82) is 0 Å². The number of rotatable bonds is 1. The molecule has 4 heteroatoms. The lowest BCUT2D eigenvalue weighted by molar-refractivity contribution is -0.136. The Kier molecular flexibility index (Phi) is 4.14. The zero-order valence-corrected chi connectivity index (χ0v) is 11.1. The van der Waals surface area contributed by atoms with E-state index in [-0.39, 0.29) is 5.92 Å². The highest BCUT2D eigenvalue weighted by Crippen LogP contribution is 2.23. The molecule has 2 saturated heterocycles. The number of hydrogen-bond acceptors (Lipinski definition) is 3. The first-order valence-corrected chi connectivity index (χ1v) is 7.35. The Morgan fingerprint density at radius 3 is 2.94 bits per heavy atom. The molecule has 0 bridgehead atoms. The third kappa shape index (κ3) is 2.92. The Morgan fingerprint density at radius 1 is 1.44 bits per heavy atom. The van der Waals surface area contributed by atoms with E-state index in [4.69, 9.17) is 0 Å². The molecule has 2 rings (SSSR count). The van der Waals surface area contributed by atoms with E-state index in [0.717, 1.165) is 38.2 Å². The summed E-state index contributed by atoms with van der Waals surface area (Å²) in [5.41, 5.74) is 0. The Bertz CT molecular complexity index is 235. The molecular formula is C12H22N2OS. The molecule has 92 valence electrons. The first-order chi connectivity index (χ1) is 7.66. The monoisotopic (exact) mass is 242 g/mol. The maximum absolute atomic E-state index is 12.3. The van der Waals surface area contributed by atoms with Crippen molar-refractivity contribution < 1.29 is 4.79 Å². The van der Waals surface area contributed by atoms with Crippen LogP contribution in [0.2, 0.25) is 0 Å². The van der Waals surface area contributed by atoms with E-state index in [9.17, 15) is 4.79 Å². The summed E-state index contributed by atoms with van der Waals surface area (Å²) in [6.45, 7) is 7.28. The van der Waals surface area contributed by atoms with E-state index in [1.165, 1.54) is 0 Å². The molecule has 0 aliphatic carbocycles. The SMILES string of the molecule is CC1CN(C(=O)[C@H]2CCN[C@@H](C)C2)CCS1. The predicted octanol–water partition coefficient (Wildman–Crippen LogP) is 1.34. The molecule has 1 unspecified atom stereocenters. The van der Waals surface area contributed by atoms with Crippen molar-refractivity contribution >= 4 is 17.7 Å². The van der Waals surface area contributed by atoms with Gasteiger partial charge in [-0.2, -0.15) is 11.8 Å². The largest absolute Gasteiger partial charge is 0.341 e. The van der Waals surface area contributed by atoms with Gasteiger partial charge < -0.3 is 10.2 Å². The summed E-state index contributed by atoms with van der Waals surface area (Å²) >= 11 is 1.98. The Hall–Kier alpha value is -0.220. The van der Waals surface area contributed by atoms with Gasteiger partial charge in [0.1, 0.15) is 0 Å². The molecule has 16 heavy (non-hydrogen) atoms. The quantitative estimate of drug-likeness (QED) is 0.753. The summed E-state index contributed by atoms with van der Waals surface area (Å²) in [6, 6.07) is 0.499. The number of piperidine rings is 1. The molecule has 3 nitrogen and oxygen atoms in total. The van der Waals surface area contributed by atoms with Crippen LogP contribution in [0.15, 0.2) is 0 Å². The minimum Gasteiger partial charge on any atom is -0.341 e. The number of hydrogen-bond donors (Lipinski definition) is 1. The summed E-state index contributed by atoms with van der Waals surface area (Å²) in [5.74, 6) is 1.78. The van der Waals surface area contributed by atoms with Gasteiger partial charge in [0.25, 0.3) is 0 Å².